The van der Waals surface area contributed by atoms with Gasteiger partial charge in [0, 0.05) is 0 Å². The lowest BCUT2D eigenvalue weighted by Gasteiger charge is -2.19. The first kappa shape index (κ1) is 14.3. The molecule has 23 heavy (non-hydrogen) atoms. The van der Waals surface area contributed by atoms with Crippen molar-refractivity contribution < 1.29 is 0 Å². The van der Waals surface area contributed by atoms with E-state index in [1.807, 2.05) is 36.4 Å². The molecule has 0 aliphatic rings. The molecule has 3 aromatic rings. The lowest BCUT2D eigenvalue weighted by Crippen LogP contribution is -2.26. The number of nitrogens with two attached hydrogens (primary N) is 1. The minimum Gasteiger partial charge on any atom is -0.393 e. The quantitative estimate of drug-likeness (QED) is 0.720. The molecule has 8 heteroatoms. The number of fused-ring (bicyclic) bond motifs is 1. The van der Waals surface area contributed by atoms with Gasteiger partial charge < -0.3 is 10.6 Å². The van der Waals surface area contributed by atoms with Crippen LogP contribution in [0.15, 0.2) is 36.9 Å². The van der Waals surface area contributed by atoms with Crippen molar-refractivity contribution in [1.29, 1.82) is 10.5 Å². The number of anilines is 2. The predicted molar refractivity (Wildman–Crippen MR) is 84.5 cm³/mol. The maximum absolute atomic E-state index is 8.91. The van der Waals surface area contributed by atoms with Gasteiger partial charge in [-0.2, -0.15) is 10.5 Å². The second-order valence-electron chi connectivity index (χ2n) is 4.71. The summed E-state index contributed by atoms with van der Waals surface area (Å²) in [4.78, 5) is 14.2. The zero-order valence-electron chi connectivity index (χ0n) is 12.1. The molecule has 0 fully saturated rings. The second kappa shape index (κ2) is 6.00. The van der Waals surface area contributed by atoms with Gasteiger partial charge in [0.05, 0.1) is 23.2 Å². The zero-order valence-corrected chi connectivity index (χ0v) is 12.1. The average Bonchev–Trinajstić information content (AvgIpc) is 2.99. The summed E-state index contributed by atoms with van der Waals surface area (Å²) in [6, 6.07) is 11.6. The number of aromatic nitrogens is 4. The molecule has 2 N–H and O–H groups in total. The van der Waals surface area contributed by atoms with Crippen molar-refractivity contribution >= 4 is 22.5 Å². The molecule has 1 aromatic carbocycles. The topological polar surface area (TPSA) is 120 Å². The molecule has 0 spiro atoms. The van der Waals surface area contributed by atoms with Crippen molar-refractivity contribution in [2.24, 2.45) is 0 Å². The van der Waals surface area contributed by atoms with E-state index in [-0.39, 0.29) is 13.1 Å². The predicted octanol–water partition coefficient (Wildman–Crippen LogP) is 1.25. The molecule has 0 amide bonds. The first-order chi connectivity index (χ1) is 11.3. The lowest BCUT2D eigenvalue weighted by atomic mass is 10.3. The number of benzene rings is 1. The molecule has 8 nitrogen and oxygen atoms in total. The van der Waals surface area contributed by atoms with E-state index >= 15 is 0 Å². The number of imidazole rings is 1. The van der Waals surface area contributed by atoms with E-state index in [0.717, 1.165) is 11.0 Å². The van der Waals surface area contributed by atoms with Crippen LogP contribution in [0.3, 0.4) is 0 Å². The summed E-state index contributed by atoms with van der Waals surface area (Å²) in [7, 11) is 0. The Labute approximate surface area is 132 Å². The molecule has 3 rings (SSSR count). The Kier molecular flexibility index (Phi) is 3.73. The SMILES string of the molecule is N#CCN(CC#N)c1ncnc(-n2cnc3ccccc32)c1N. The molecule has 0 radical (unpaired) electrons. The van der Waals surface area contributed by atoms with Crippen LogP contribution in [0.1, 0.15) is 0 Å². The van der Waals surface area contributed by atoms with Crippen LogP contribution in [0, 0.1) is 22.7 Å². The Balaban J connectivity index is 2.13. The van der Waals surface area contributed by atoms with Crippen LogP contribution in [0.25, 0.3) is 16.9 Å². The molecule has 0 saturated heterocycles. The normalized spacial score (nSPS) is 10.2. The first-order valence-corrected chi connectivity index (χ1v) is 6.78. The van der Waals surface area contributed by atoms with E-state index in [1.54, 1.807) is 10.9 Å². The van der Waals surface area contributed by atoms with Crippen LogP contribution in [0.5, 0.6) is 0 Å². The van der Waals surface area contributed by atoms with Gasteiger partial charge in [0.25, 0.3) is 0 Å². The van der Waals surface area contributed by atoms with Crippen molar-refractivity contribution in [1.82, 2.24) is 19.5 Å². The van der Waals surface area contributed by atoms with Crippen molar-refractivity contribution in [3.8, 4) is 18.0 Å². The van der Waals surface area contributed by atoms with E-state index in [0.29, 0.717) is 17.3 Å². The lowest BCUT2D eigenvalue weighted by molar-refractivity contribution is 0.914. The van der Waals surface area contributed by atoms with Crippen LogP contribution < -0.4 is 10.6 Å². The van der Waals surface area contributed by atoms with Crippen molar-refractivity contribution in [2.75, 3.05) is 23.7 Å². The Hall–Kier alpha value is -3.65. The van der Waals surface area contributed by atoms with Crippen molar-refractivity contribution in [3.05, 3.63) is 36.9 Å². The summed E-state index contributed by atoms with van der Waals surface area (Å²) in [5, 5.41) is 17.8. The summed E-state index contributed by atoms with van der Waals surface area (Å²) in [5.41, 5.74) is 8.16. The van der Waals surface area contributed by atoms with Gasteiger partial charge in [-0.3, -0.25) is 4.57 Å². The molecule has 0 aliphatic heterocycles. The number of nitrogens with zero attached hydrogens (tertiary/aromatic N) is 7. The van der Waals surface area contributed by atoms with Gasteiger partial charge in [-0.15, -0.1) is 0 Å². The number of nitriles is 2. The standard InChI is InChI=1S/C15H12N8/c16-5-7-22(8-6-17)14-13(18)15(20-9-19-14)23-10-21-11-3-1-2-4-12(11)23/h1-4,9-10H,7-8,18H2. The third-order valence-corrected chi connectivity index (χ3v) is 3.35. The second-order valence-corrected chi connectivity index (χ2v) is 4.71. The highest BCUT2D eigenvalue weighted by Crippen LogP contribution is 2.27. The molecule has 0 bridgehead atoms. The molecule has 0 aliphatic carbocycles. The summed E-state index contributed by atoms with van der Waals surface area (Å²) in [6.45, 7) is 0.0256. The fourth-order valence-corrected chi connectivity index (χ4v) is 2.33. The van der Waals surface area contributed by atoms with E-state index < -0.39 is 0 Å². The largest absolute Gasteiger partial charge is 0.393 e. The molecule has 2 aromatic heterocycles. The van der Waals surface area contributed by atoms with Gasteiger partial charge in [0.1, 0.15) is 31.4 Å². The maximum atomic E-state index is 8.91. The van der Waals surface area contributed by atoms with Crippen LogP contribution in [-0.2, 0) is 0 Å². The average molecular weight is 304 g/mol. The third kappa shape index (κ3) is 2.49. The highest BCUT2D eigenvalue weighted by Gasteiger charge is 2.17. The molecule has 112 valence electrons. The Morgan fingerprint density at radius 1 is 1.09 bits per heavy atom. The third-order valence-electron chi connectivity index (χ3n) is 3.35. The van der Waals surface area contributed by atoms with Crippen LogP contribution in [0.2, 0.25) is 0 Å². The number of hydrogen-bond acceptors (Lipinski definition) is 7. The Bertz CT molecular complexity index is 915. The van der Waals surface area contributed by atoms with Gasteiger partial charge in [0.2, 0.25) is 0 Å². The molecular formula is C15H12N8. The van der Waals surface area contributed by atoms with Crippen LogP contribution >= 0.6 is 0 Å². The highest BCUT2D eigenvalue weighted by molar-refractivity contribution is 5.80. The van der Waals surface area contributed by atoms with Gasteiger partial charge >= 0.3 is 0 Å². The Morgan fingerprint density at radius 2 is 1.83 bits per heavy atom. The number of rotatable bonds is 4. The summed E-state index contributed by atoms with van der Waals surface area (Å²) < 4.78 is 1.76. The van der Waals surface area contributed by atoms with Crippen LogP contribution in [0.4, 0.5) is 11.5 Å². The molecule has 0 unspecified atom stereocenters. The molecule has 0 saturated carbocycles. The van der Waals surface area contributed by atoms with Gasteiger partial charge in [-0.05, 0) is 12.1 Å². The first-order valence-electron chi connectivity index (χ1n) is 6.78. The van der Waals surface area contributed by atoms with Crippen molar-refractivity contribution in [2.45, 2.75) is 0 Å². The summed E-state index contributed by atoms with van der Waals surface area (Å²) >= 11 is 0. The van der Waals surface area contributed by atoms with Gasteiger partial charge in [-0.1, -0.05) is 12.1 Å². The summed E-state index contributed by atoms with van der Waals surface area (Å²) in [6.07, 6.45) is 2.99. The Morgan fingerprint density at radius 3 is 2.57 bits per heavy atom. The van der Waals surface area contributed by atoms with E-state index in [9.17, 15) is 0 Å². The maximum Gasteiger partial charge on any atom is 0.167 e. The molecule has 0 atom stereocenters. The van der Waals surface area contributed by atoms with Gasteiger partial charge in [-0.25, -0.2) is 15.0 Å². The molecule has 2 heterocycles. The molecular weight excluding hydrogens is 292 g/mol. The minimum absolute atomic E-state index is 0.0128. The van der Waals surface area contributed by atoms with E-state index in [1.165, 1.54) is 11.2 Å². The van der Waals surface area contributed by atoms with Crippen molar-refractivity contribution in [3.63, 3.8) is 0 Å². The highest BCUT2D eigenvalue weighted by atomic mass is 15.2. The van der Waals surface area contributed by atoms with Crippen LogP contribution in [-0.4, -0.2) is 32.6 Å². The monoisotopic (exact) mass is 304 g/mol. The van der Waals surface area contributed by atoms with Gasteiger partial charge in [0.15, 0.2) is 11.6 Å². The minimum atomic E-state index is 0.0128. The van der Waals surface area contributed by atoms with E-state index in [2.05, 4.69) is 15.0 Å². The smallest absolute Gasteiger partial charge is 0.167 e. The van der Waals surface area contributed by atoms with E-state index in [4.69, 9.17) is 16.3 Å². The fourth-order valence-electron chi connectivity index (χ4n) is 2.33. The number of para-hydroxylation sites is 2. The number of nitrogen functional groups attached to an aromatic ring is 1. The summed E-state index contributed by atoms with van der Waals surface area (Å²) in [5.74, 6) is 0.820. The number of hydrogen-bond donors (Lipinski definition) is 1. The fraction of sp³-hybridized carbons (Fsp3) is 0.133. The zero-order chi connectivity index (χ0) is 16.2.